The molecule has 0 unspecified atom stereocenters. The molecule has 0 aliphatic rings. The maximum Gasteiger partial charge on any atom is 0.261 e. The van der Waals surface area contributed by atoms with Gasteiger partial charge in [0.15, 0.2) is 15.3 Å². The van der Waals surface area contributed by atoms with Gasteiger partial charge >= 0.3 is 0 Å². The Morgan fingerprint density at radius 2 is 1.95 bits per heavy atom. The van der Waals surface area contributed by atoms with Crippen molar-refractivity contribution in [1.82, 2.24) is 30.3 Å². The Balaban J connectivity index is 1.56. The van der Waals surface area contributed by atoms with Gasteiger partial charge in [-0.15, -0.1) is 31.7 Å². The standard InChI is InChI=1S/C22H23N7O4S4/c1-4-34-22-28-26-20(37-22)24-18(30)12-36-21-27-25-17(11-23-19(31)16-6-5-9-35-16)29(21)14-10-13(32-2)7-8-15(14)33-3/h5-10H,4,11-12H2,1-3H3,(H,23,31)(H,24,26,30). The van der Waals surface area contributed by atoms with Crippen molar-refractivity contribution >= 4 is 63.1 Å². The van der Waals surface area contributed by atoms with E-state index < -0.39 is 0 Å². The van der Waals surface area contributed by atoms with Gasteiger partial charge in [-0.05, 0) is 29.3 Å². The summed E-state index contributed by atoms with van der Waals surface area (Å²) in [5, 5.41) is 25.0. The van der Waals surface area contributed by atoms with E-state index in [4.69, 9.17) is 9.47 Å². The maximum absolute atomic E-state index is 12.6. The van der Waals surface area contributed by atoms with Crippen molar-refractivity contribution in [1.29, 1.82) is 0 Å². The molecule has 0 fully saturated rings. The Labute approximate surface area is 229 Å². The zero-order chi connectivity index (χ0) is 26.2. The van der Waals surface area contributed by atoms with Crippen LogP contribution in [0.25, 0.3) is 5.69 Å². The number of anilines is 1. The third-order valence-corrected chi connectivity index (χ3v) is 8.38. The maximum atomic E-state index is 12.6. The number of nitrogens with zero attached hydrogens (tertiary/aromatic N) is 5. The molecule has 4 aromatic rings. The van der Waals surface area contributed by atoms with Gasteiger partial charge < -0.3 is 14.8 Å². The predicted octanol–water partition coefficient (Wildman–Crippen LogP) is 3.97. The van der Waals surface area contributed by atoms with Crippen molar-refractivity contribution in [2.75, 3.05) is 31.0 Å². The van der Waals surface area contributed by atoms with E-state index in [0.29, 0.717) is 38.2 Å². The molecule has 3 aromatic heterocycles. The highest BCUT2D eigenvalue weighted by atomic mass is 32.2. The van der Waals surface area contributed by atoms with E-state index in [0.717, 1.165) is 10.1 Å². The molecule has 3 heterocycles. The van der Waals surface area contributed by atoms with Gasteiger partial charge in [-0.1, -0.05) is 47.9 Å². The highest BCUT2D eigenvalue weighted by Crippen LogP contribution is 2.32. The number of hydrogen-bond donors (Lipinski definition) is 2. The van der Waals surface area contributed by atoms with E-state index in [1.165, 1.54) is 34.4 Å². The second-order valence-corrected chi connectivity index (χ2v) is 11.5. The Morgan fingerprint density at radius 1 is 1.08 bits per heavy atom. The minimum atomic E-state index is -0.256. The number of ether oxygens (including phenoxy) is 2. The second-order valence-electron chi connectivity index (χ2n) is 7.07. The molecule has 4 rings (SSSR count). The fourth-order valence-corrected chi connectivity index (χ4v) is 6.17. The van der Waals surface area contributed by atoms with E-state index in [1.807, 2.05) is 18.4 Å². The number of benzene rings is 1. The van der Waals surface area contributed by atoms with Crippen molar-refractivity contribution in [3.63, 3.8) is 0 Å². The Kier molecular flexibility index (Phi) is 9.38. The van der Waals surface area contributed by atoms with E-state index in [1.54, 1.807) is 54.8 Å². The molecule has 0 atom stereocenters. The summed E-state index contributed by atoms with van der Waals surface area (Å²) in [5.41, 5.74) is 0.612. The molecule has 0 bridgehead atoms. The van der Waals surface area contributed by atoms with Crippen molar-refractivity contribution in [2.24, 2.45) is 0 Å². The van der Waals surface area contributed by atoms with Gasteiger partial charge in [0, 0.05) is 6.07 Å². The van der Waals surface area contributed by atoms with Gasteiger partial charge in [0.25, 0.3) is 5.91 Å². The topological polar surface area (TPSA) is 133 Å². The molecular formula is C22H23N7O4S4. The number of methoxy groups -OCH3 is 2. The van der Waals surface area contributed by atoms with Crippen LogP contribution in [0.15, 0.2) is 45.2 Å². The number of carbonyl (C=O) groups is 2. The average Bonchev–Trinajstić information content (AvgIpc) is 3.67. The lowest BCUT2D eigenvalue weighted by Gasteiger charge is -2.15. The number of thioether (sulfide) groups is 2. The van der Waals surface area contributed by atoms with E-state index in [9.17, 15) is 9.59 Å². The lowest BCUT2D eigenvalue weighted by molar-refractivity contribution is -0.113. The summed E-state index contributed by atoms with van der Waals surface area (Å²) >= 11 is 5.43. The van der Waals surface area contributed by atoms with Gasteiger partial charge in [-0.25, -0.2) is 0 Å². The Hall–Kier alpha value is -3.14. The van der Waals surface area contributed by atoms with Crippen molar-refractivity contribution < 1.29 is 19.1 Å². The van der Waals surface area contributed by atoms with Crippen LogP contribution in [0.3, 0.4) is 0 Å². The van der Waals surface area contributed by atoms with Gasteiger partial charge in [-0.2, -0.15) is 0 Å². The molecule has 0 saturated carbocycles. The predicted molar refractivity (Wildman–Crippen MR) is 146 cm³/mol. The summed E-state index contributed by atoms with van der Waals surface area (Å²) in [6, 6.07) is 8.89. The summed E-state index contributed by atoms with van der Waals surface area (Å²) in [7, 11) is 3.12. The first kappa shape index (κ1) is 26.9. The monoisotopic (exact) mass is 577 g/mol. The number of carbonyl (C=O) groups excluding carboxylic acids is 2. The molecule has 0 aliphatic carbocycles. The number of rotatable bonds is 12. The summed E-state index contributed by atoms with van der Waals surface area (Å²) in [5.74, 6) is 2.07. The van der Waals surface area contributed by atoms with E-state index in [2.05, 4.69) is 31.0 Å². The van der Waals surface area contributed by atoms with Crippen LogP contribution in [0.4, 0.5) is 5.13 Å². The Morgan fingerprint density at radius 3 is 2.68 bits per heavy atom. The summed E-state index contributed by atoms with van der Waals surface area (Å²) in [6.45, 7) is 2.13. The minimum absolute atomic E-state index is 0.0573. The molecule has 1 aromatic carbocycles. The molecule has 0 spiro atoms. The largest absolute Gasteiger partial charge is 0.497 e. The molecule has 2 N–H and O–H groups in total. The van der Waals surface area contributed by atoms with E-state index >= 15 is 0 Å². The number of amides is 2. The highest BCUT2D eigenvalue weighted by Gasteiger charge is 2.21. The molecule has 11 nitrogen and oxygen atoms in total. The normalized spacial score (nSPS) is 10.8. The quantitative estimate of drug-likeness (QED) is 0.188. The SMILES string of the molecule is CCSc1nnc(NC(=O)CSc2nnc(CNC(=O)c3cccs3)n2-c2cc(OC)ccc2OC)s1. The van der Waals surface area contributed by atoms with Crippen LogP contribution in [0, 0.1) is 0 Å². The zero-order valence-electron chi connectivity index (χ0n) is 20.1. The van der Waals surface area contributed by atoms with Crippen LogP contribution in [-0.2, 0) is 11.3 Å². The highest BCUT2D eigenvalue weighted by molar-refractivity contribution is 8.01. The first-order valence-corrected chi connectivity index (χ1v) is 14.6. The molecule has 194 valence electrons. The van der Waals surface area contributed by atoms with Gasteiger partial charge in [-0.3, -0.25) is 19.5 Å². The zero-order valence-corrected chi connectivity index (χ0v) is 23.4. The Bertz CT molecular complexity index is 1360. The number of hydrogen-bond acceptors (Lipinski definition) is 12. The fraction of sp³-hybridized carbons (Fsp3) is 0.273. The second kappa shape index (κ2) is 12.9. The van der Waals surface area contributed by atoms with Crippen LogP contribution in [0.2, 0.25) is 0 Å². The third kappa shape index (κ3) is 6.80. The first-order valence-electron chi connectivity index (χ1n) is 10.9. The van der Waals surface area contributed by atoms with Crippen LogP contribution in [-0.4, -0.2) is 62.5 Å². The molecular weight excluding hydrogens is 555 g/mol. The molecule has 2 amide bonds. The van der Waals surface area contributed by atoms with Crippen LogP contribution < -0.4 is 20.1 Å². The molecule has 0 saturated heterocycles. The van der Waals surface area contributed by atoms with Crippen molar-refractivity contribution in [2.45, 2.75) is 23.0 Å². The van der Waals surface area contributed by atoms with Crippen molar-refractivity contribution in [3.8, 4) is 17.2 Å². The molecule has 0 radical (unpaired) electrons. The smallest absolute Gasteiger partial charge is 0.261 e. The van der Waals surface area contributed by atoms with Crippen LogP contribution >= 0.6 is 46.2 Å². The van der Waals surface area contributed by atoms with Gasteiger partial charge in [0.1, 0.15) is 11.5 Å². The molecule has 37 heavy (non-hydrogen) atoms. The summed E-state index contributed by atoms with van der Waals surface area (Å²) in [6.07, 6.45) is 0. The van der Waals surface area contributed by atoms with Crippen LogP contribution in [0.1, 0.15) is 22.4 Å². The number of nitrogens with one attached hydrogen (secondary N) is 2. The molecule has 0 aliphatic heterocycles. The van der Waals surface area contributed by atoms with Crippen molar-refractivity contribution in [3.05, 3.63) is 46.4 Å². The lowest BCUT2D eigenvalue weighted by Crippen LogP contribution is -2.24. The fourth-order valence-electron chi connectivity index (χ4n) is 3.10. The number of thiophene rings is 1. The summed E-state index contributed by atoms with van der Waals surface area (Å²) < 4.78 is 13.5. The lowest BCUT2D eigenvalue weighted by atomic mass is 10.2. The van der Waals surface area contributed by atoms with E-state index in [-0.39, 0.29) is 24.1 Å². The van der Waals surface area contributed by atoms with Gasteiger partial charge in [0.05, 0.1) is 37.1 Å². The van der Waals surface area contributed by atoms with Gasteiger partial charge in [0.2, 0.25) is 11.0 Å². The first-order chi connectivity index (χ1) is 18.0. The average molecular weight is 578 g/mol. The molecule has 15 heteroatoms. The number of aromatic nitrogens is 5. The third-order valence-electron chi connectivity index (χ3n) is 4.73. The minimum Gasteiger partial charge on any atom is -0.497 e. The summed E-state index contributed by atoms with van der Waals surface area (Å²) in [4.78, 5) is 25.7. The van der Waals surface area contributed by atoms with Crippen LogP contribution in [0.5, 0.6) is 11.5 Å².